The second kappa shape index (κ2) is 2.55. The second-order valence-corrected chi connectivity index (χ2v) is 2.02. The summed E-state index contributed by atoms with van der Waals surface area (Å²) in [6.45, 7) is 0.359. The van der Waals surface area contributed by atoms with Crippen molar-refractivity contribution in [3.8, 4) is 0 Å². The molecule has 0 bridgehead atoms. The van der Waals surface area contributed by atoms with E-state index in [0.717, 1.165) is 0 Å². The summed E-state index contributed by atoms with van der Waals surface area (Å²) in [6, 6.07) is 0.0891. The first-order valence-electron chi connectivity index (χ1n) is 2.87. The van der Waals surface area contributed by atoms with Gasteiger partial charge in [0.25, 0.3) is 6.02 Å². The van der Waals surface area contributed by atoms with E-state index in [1.165, 1.54) is 0 Å². The van der Waals surface area contributed by atoms with E-state index in [0.29, 0.717) is 6.54 Å². The summed E-state index contributed by atoms with van der Waals surface area (Å²) in [7, 11) is 0. The van der Waals surface area contributed by atoms with Crippen LogP contribution in [-0.4, -0.2) is 29.7 Å². The lowest BCUT2D eigenvalue weighted by molar-refractivity contribution is -0.138. The number of rotatable bonds is 2. The van der Waals surface area contributed by atoms with Gasteiger partial charge >= 0.3 is 5.97 Å². The smallest absolute Gasteiger partial charge is 0.307 e. The normalized spacial score (nSPS) is 23.6. The number of carboxylic acid groups (broad SMARTS) is 1. The molecule has 0 amide bonds. The Labute approximate surface area is 57.5 Å². The third kappa shape index (κ3) is 1.61. The SMILES string of the molecule is NC1=NCC(CC(=O)O)O1. The Bertz CT molecular complexity index is 178. The zero-order valence-corrected chi connectivity index (χ0v) is 5.28. The van der Waals surface area contributed by atoms with Crippen LogP contribution in [0.4, 0.5) is 0 Å². The van der Waals surface area contributed by atoms with Crippen molar-refractivity contribution in [2.45, 2.75) is 12.5 Å². The van der Waals surface area contributed by atoms with Crippen LogP contribution < -0.4 is 5.73 Å². The van der Waals surface area contributed by atoms with Crippen LogP contribution in [0.15, 0.2) is 4.99 Å². The fraction of sp³-hybridized carbons (Fsp3) is 0.600. The minimum atomic E-state index is -0.894. The third-order valence-corrected chi connectivity index (χ3v) is 1.14. The first kappa shape index (κ1) is 6.85. The number of carbonyl (C=O) groups is 1. The Morgan fingerprint density at radius 2 is 2.70 bits per heavy atom. The molecule has 5 nitrogen and oxygen atoms in total. The molecule has 0 radical (unpaired) electrons. The van der Waals surface area contributed by atoms with Crippen molar-refractivity contribution in [2.75, 3.05) is 6.54 Å². The van der Waals surface area contributed by atoms with Crippen molar-refractivity contribution in [1.29, 1.82) is 0 Å². The average molecular weight is 144 g/mol. The lowest BCUT2D eigenvalue weighted by Crippen LogP contribution is -2.20. The van der Waals surface area contributed by atoms with Crippen LogP contribution in [0.5, 0.6) is 0 Å². The van der Waals surface area contributed by atoms with Crippen LogP contribution in [0, 0.1) is 0 Å². The summed E-state index contributed by atoms with van der Waals surface area (Å²) >= 11 is 0. The van der Waals surface area contributed by atoms with Gasteiger partial charge in [0.1, 0.15) is 6.10 Å². The van der Waals surface area contributed by atoms with E-state index in [-0.39, 0.29) is 18.5 Å². The molecular formula is C5H8N2O3. The van der Waals surface area contributed by atoms with Gasteiger partial charge in [0.2, 0.25) is 0 Å². The molecule has 56 valence electrons. The quantitative estimate of drug-likeness (QED) is 0.530. The molecule has 1 unspecified atom stereocenters. The van der Waals surface area contributed by atoms with E-state index in [4.69, 9.17) is 15.6 Å². The highest BCUT2D eigenvalue weighted by Crippen LogP contribution is 2.05. The van der Waals surface area contributed by atoms with E-state index in [2.05, 4.69) is 4.99 Å². The maximum Gasteiger partial charge on any atom is 0.307 e. The molecule has 1 rings (SSSR count). The van der Waals surface area contributed by atoms with Crippen LogP contribution in [0.1, 0.15) is 6.42 Å². The average Bonchev–Trinajstić information content (AvgIpc) is 2.13. The first-order valence-corrected chi connectivity index (χ1v) is 2.87. The van der Waals surface area contributed by atoms with E-state index >= 15 is 0 Å². The summed E-state index contributed by atoms with van der Waals surface area (Å²) < 4.78 is 4.82. The molecule has 1 aliphatic rings. The highest BCUT2D eigenvalue weighted by Gasteiger charge is 2.19. The number of hydrogen-bond acceptors (Lipinski definition) is 4. The van der Waals surface area contributed by atoms with E-state index in [1.807, 2.05) is 0 Å². The van der Waals surface area contributed by atoms with Crippen molar-refractivity contribution >= 4 is 12.0 Å². The number of nitrogens with zero attached hydrogens (tertiary/aromatic N) is 1. The molecule has 0 saturated carbocycles. The molecule has 0 fully saturated rings. The van der Waals surface area contributed by atoms with Crippen molar-refractivity contribution in [3.63, 3.8) is 0 Å². The van der Waals surface area contributed by atoms with E-state index < -0.39 is 5.97 Å². The highest BCUT2D eigenvalue weighted by molar-refractivity contribution is 5.74. The number of aliphatic carboxylic acids is 1. The largest absolute Gasteiger partial charge is 0.481 e. The molecule has 0 aromatic rings. The predicted molar refractivity (Wildman–Crippen MR) is 33.6 cm³/mol. The lowest BCUT2D eigenvalue weighted by atomic mass is 10.3. The Morgan fingerprint density at radius 1 is 2.00 bits per heavy atom. The van der Waals surface area contributed by atoms with Gasteiger partial charge in [-0.3, -0.25) is 4.79 Å². The summed E-state index contributed by atoms with van der Waals surface area (Å²) in [4.78, 5) is 13.8. The number of nitrogens with two attached hydrogens (primary N) is 1. The second-order valence-electron chi connectivity index (χ2n) is 2.02. The molecule has 0 aromatic carbocycles. The van der Waals surface area contributed by atoms with Crippen LogP contribution in [-0.2, 0) is 9.53 Å². The molecule has 1 atom stereocenters. The van der Waals surface area contributed by atoms with Crippen molar-refractivity contribution in [3.05, 3.63) is 0 Å². The van der Waals surface area contributed by atoms with Gasteiger partial charge in [-0.05, 0) is 0 Å². The molecule has 0 spiro atoms. The zero-order valence-electron chi connectivity index (χ0n) is 5.28. The standard InChI is InChI=1S/C5H8N2O3/c6-5-7-2-3(10-5)1-4(8)9/h3H,1-2H2,(H2,6,7)(H,8,9). The van der Waals surface area contributed by atoms with E-state index in [1.54, 1.807) is 0 Å². The van der Waals surface area contributed by atoms with Gasteiger partial charge < -0.3 is 15.6 Å². The maximum absolute atomic E-state index is 10.1. The lowest BCUT2D eigenvalue weighted by Gasteiger charge is -2.04. The van der Waals surface area contributed by atoms with Gasteiger partial charge in [-0.25, -0.2) is 4.99 Å². The Balaban J connectivity index is 2.29. The molecule has 3 N–H and O–H groups in total. The Kier molecular flexibility index (Phi) is 1.75. The minimum absolute atomic E-state index is 0.0375. The third-order valence-electron chi connectivity index (χ3n) is 1.14. The van der Waals surface area contributed by atoms with Crippen LogP contribution >= 0.6 is 0 Å². The number of carboxylic acids is 1. The summed E-state index contributed by atoms with van der Waals surface area (Å²) in [5, 5.41) is 8.29. The topological polar surface area (TPSA) is 84.9 Å². The van der Waals surface area contributed by atoms with Crippen molar-refractivity contribution in [1.82, 2.24) is 0 Å². The van der Waals surface area contributed by atoms with Crippen molar-refractivity contribution in [2.24, 2.45) is 10.7 Å². The van der Waals surface area contributed by atoms with Gasteiger partial charge in [0.05, 0.1) is 13.0 Å². The molecular weight excluding hydrogens is 136 g/mol. The summed E-state index contributed by atoms with van der Waals surface area (Å²) in [5.74, 6) is -0.894. The van der Waals surface area contributed by atoms with Gasteiger partial charge in [-0.1, -0.05) is 0 Å². The maximum atomic E-state index is 10.1. The molecule has 5 heteroatoms. The van der Waals surface area contributed by atoms with Crippen molar-refractivity contribution < 1.29 is 14.6 Å². The molecule has 1 heterocycles. The monoisotopic (exact) mass is 144 g/mol. The molecule has 1 aliphatic heterocycles. The molecule has 10 heavy (non-hydrogen) atoms. The summed E-state index contributed by atoms with van der Waals surface area (Å²) in [6.07, 6.45) is -0.401. The van der Waals surface area contributed by atoms with Gasteiger partial charge in [0, 0.05) is 0 Å². The van der Waals surface area contributed by atoms with Crippen LogP contribution in [0.3, 0.4) is 0 Å². The Morgan fingerprint density at radius 3 is 3.10 bits per heavy atom. The number of hydrogen-bond donors (Lipinski definition) is 2. The van der Waals surface area contributed by atoms with Gasteiger partial charge in [-0.2, -0.15) is 0 Å². The van der Waals surface area contributed by atoms with Gasteiger partial charge in [0.15, 0.2) is 0 Å². The summed E-state index contributed by atoms with van der Waals surface area (Å²) in [5.41, 5.74) is 5.14. The number of amidine groups is 1. The van der Waals surface area contributed by atoms with E-state index in [9.17, 15) is 4.79 Å². The molecule has 0 saturated heterocycles. The number of ether oxygens (including phenoxy) is 1. The fourth-order valence-electron chi connectivity index (χ4n) is 0.738. The first-order chi connectivity index (χ1) is 4.68. The Hall–Kier alpha value is -1.26. The van der Waals surface area contributed by atoms with Gasteiger partial charge in [-0.15, -0.1) is 0 Å². The highest BCUT2D eigenvalue weighted by atomic mass is 16.5. The fourth-order valence-corrected chi connectivity index (χ4v) is 0.738. The predicted octanol–water partition coefficient (Wildman–Crippen LogP) is -0.825. The molecule has 0 aromatic heterocycles. The van der Waals surface area contributed by atoms with Crippen LogP contribution in [0.2, 0.25) is 0 Å². The van der Waals surface area contributed by atoms with Crippen LogP contribution in [0.25, 0.3) is 0 Å². The number of aliphatic imine (C=N–C) groups is 1. The molecule has 0 aliphatic carbocycles. The minimum Gasteiger partial charge on any atom is -0.481 e. The zero-order chi connectivity index (χ0) is 7.56.